The van der Waals surface area contributed by atoms with Crippen LogP contribution in [0, 0.1) is 0 Å². The van der Waals surface area contributed by atoms with Gasteiger partial charge in [-0.25, -0.2) is 8.42 Å². The summed E-state index contributed by atoms with van der Waals surface area (Å²) < 4.78 is 25.0. The number of pyridine rings is 1. The summed E-state index contributed by atoms with van der Waals surface area (Å²) in [6.07, 6.45) is 2.73. The van der Waals surface area contributed by atoms with Crippen LogP contribution in [-0.2, 0) is 21.4 Å². The van der Waals surface area contributed by atoms with Crippen LogP contribution in [0.2, 0.25) is 0 Å². The lowest BCUT2D eigenvalue weighted by atomic mass is 10.3. The van der Waals surface area contributed by atoms with Gasteiger partial charge in [-0.3, -0.25) is 9.78 Å². The predicted octanol–water partition coefficient (Wildman–Crippen LogP) is -0.383. The van der Waals surface area contributed by atoms with Gasteiger partial charge in [-0.2, -0.15) is 4.31 Å². The highest BCUT2D eigenvalue weighted by molar-refractivity contribution is 7.88. The van der Waals surface area contributed by atoms with Gasteiger partial charge in [0, 0.05) is 32.4 Å². The zero-order valence-corrected chi connectivity index (χ0v) is 13.8. The molecule has 1 aromatic heterocycles. The highest BCUT2D eigenvalue weighted by atomic mass is 32.2. The second-order valence-electron chi connectivity index (χ2n) is 5.54. The Morgan fingerprint density at radius 1 is 1.27 bits per heavy atom. The standard InChI is InChI=1S/C14H22N4O3S/c1-16-7-9-17(10-8-16)14(19)12-18(22(2,20)21)11-13-5-3-4-6-15-13/h3-6H,7-12H2,1-2H3. The molecule has 122 valence electrons. The molecule has 1 aliphatic heterocycles. The number of rotatable bonds is 5. The fourth-order valence-electron chi connectivity index (χ4n) is 2.27. The lowest BCUT2D eigenvalue weighted by Crippen LogP contribution is -2.50. The first-order valence-corrected chi connectivity index (χ1v) is 9.02. The molecule has 1 fully saturated rings. The number of amides is 1. The van der Waals surface area contributed by atoms with E-state index in [1.165, 1.54) is 4.31 Å². The van der Waals surface area contributed by atoms with Gasteiger partial charge in [-0.1, -0.05) is 6.07 Å². The summed E-state index contributed by atoms with van der Waals surface area (Å²) in [5.41, 5.74) is 0.624. The number of carbonyl (C=O) groups excluding carboxylic acids is 1. The summed E-state index contributed by atoms with van der Waals surface area (Å²) in [6.45, 7) is 2.86. The summed E-state index contributed by atoms with van der Waals surface area (Å²) in [5.74, 6) is -0.158. The first-order valence-electron chi connectivity index (χ1n) is 7.17. The molecular formula is C14H22N4O3S. The molecule has 1 saturated heterocycles. The van der Waals surface area contributed by atoms with Crippen molar-refractivity contribution in [2.75, 3.05) is 46.0 Å². The Balaban J connectivity index is 2.02. The fraction of sp³-hybridized carbons (Fsp3) is 0.571. The molecule has 0 N–H and O–H groups in total. The Hall–Kier alpha value is -1.51. The number of hydrogen-bond acceptors (Lipinski definition) is 5. The molecule has 0 bridgehead atoms. The van der Waals surface area contributed by atoms with Crippen molar-refractivity contribution >= 4 is 15.9 Å². The molecule has 0 atom stereocenters. The Morgan fingerprint density at radius 2 is 1.95 bits per heavy atom. The van der Waals surface area contributed by atoms with Crippen molar-refractivity contribution in [1.82, 2.24) is 19.1 Å². The van der Waals surface area contributed by atoms with Crippen LogP contribution in [0.25, 0.3) is 0 Å². The van der Waals surface area contributed by atoms with Crippen LogP contribution in [0.3, 0.4) is 0 Å². The van der Waals surface area contributed by atoms with Gasteiger partial charge in [-0.05, 0) is 19.2 Å². The van der Waals surface area contributed by atoms with Crippen LogP contribution in [0.1, 0.15) is 5.69 Å². The summed E-state index contributed by atoms with van der Waals surface area (Å²) in [7, 11) is -1.47. The SMILES string of the molecule is CN1CCN(C(=O)CN(Cc2ccccn2)S(C)(=O)=O)CC1. The summed E-state index contributed by atoms with van der Waals surface area (Å²) in [6, 6.07) is 5.31. The third kappa shape index (κ3) is 4.75. The summed E-state index contributed by atoms with van der Waals surface area (Å²) in [5, 5.41) is 0. The monoisotopic (exact) mass is 326 g/mol. The van der Waals surface area contributed by atoms with E-state index in [9.17, 15) is 13.2 Å². The topological polar surface area (TPSA) is 73.8 Å². The van der Waals surface area contributed by atoms with Crippen molar-refractivity contribution in [3.63, 3.8) is 0 Å². The van der Waals surface area contributed by atoms with Gasteiger partial charge in [0.15, 0.2) is 0 Å². The smallest absolute Gasteiger partial charge is 0.237 e. The van der Waals surface area contributed by atoms with Crippen LogP contribution in [0.5, 0.6) is 0 Å². The Morgan fingerprint density at radius 3 is 2.50 bits per heavy atom. The van der Waals surface area contributed by atoms with Crippen molar-refractivity contribution in [1.29, 1.82) is 0 Å². The maximum atomic E-state index is 12.3. The number of sulfonamides is 1. The number of nitrogens with zero attached hydrogens (tertiary/aromatic N) is 4. The van der Waals surface area contributed by atoms with Crippen molar-refractivity contribution in [3.8, 4) is 0 Å². The van der Waals surface area contributed by atoms with E-state index in [0.717, 1.165) is 19.3 Å². The maximum Gasteiger partial charge on any atom is 0.237 e. The van der Waals surface area contributed by atoms with Crippen molar-refractivity contribution < 1.29 is 13.2 Å². The number of likely N-dealkylation sites (N-methyl/N-ethyl adjacent to an activating group) is 1. The third-order valence-electron chi connectivity index (χ3n) is 3.70. The molecule has 0 radical (unpaired) electrons. The Labute approximate surface area is 131 Å². The van der Waals surface area contributed by atoms with E-state index in [1.807, 2.05) is 7.05 Å². The fourth-order valence-corrected chi connectivity index (χ4v) is 2.98. The van der Waals surface area contributed by atoms with Crippen LogP contribution < -0.4 is 0 Å². The number of hydrogen-bond donors (Lipinski definition) is 0. The van der Waals surface area contributed by atoms with Gasteiger partial charge < -0.3 is 9.80 Å². The molecule has 0 spiro atoms. The molecule has 2 rings (SSSR count). The molecule has 1 aliphatic rings. The Kier molecular flexibility index (Phi) is 5.49. The largest absolute Gasteiger partial charge is 0.339 e. The predicted molar refractivity (Wildman–Crippen MR) is 83.6 cm³/mol. The third-order valence-corrected chi connectivity index (χ3v) is 4.90. The lowest BCUT2D eigenvalue weighted by molar-refractivity contribution is -0.133. The molecule has 0 aliphatic carbocycles. The van der Waals surface area contributed by atoms with Gasteiger partial charge in [0.05, 0.1) is 25.0 Å². The first-order chi connectivity index (χ1) is 10.4. The summed E-state index contributed by atoms with van der Waals surface area (Å²) >= 11 is 0. The minimum atomic E-state index is -3.47. The molecule has 2 heterocycles. The van der Waals surface area contributed by atoms with E-state index in [4.69, 9.17) is 0 Å². The lowest BCUT2D eigenvalue weighted by Gasteiger charge is -2.33. The van der Waals surface area contributed by atoms with Crippen LogP contribution >= 0.6 is 0 Å². The van der Waals surface area contributed by atoms with E-state index in [-0.39, 0.29) is 19.0 Å². The normalized spacial score (nSPS) is 17.0. The second-order valence-corrected chi connectivity index (χ2v) is 7.52. The van der Waals surface area contributed by atoms with E-state index >= 15 is 0 Å². The summed E-state index contributed by atoms with van der Waals surface area (Å²) in [4.78, 5) is 20.3. The van der Waals surface area contributed by atoms with Crippen LogP contribution in [-0.4, -0.2) is 79.4 Å². The molecule has 22 heavy (non-hydrogen) atoms. The average Bonchev–Trinajstić information content (AvgIpc) is 2.47. The quantitative estimate of drug-likeness (QED) is 0.737. The van der Waals surface area contributed by atoms with Gasteiger partial charge >= 0.3 is 0 Å². The van der Waals surface area contributed by atoms with E-state index in [1.54, 1.807) is 29.3 Å². The highest BCUT2D eigenvalue weighted by Crippen LogP contribution is 2.08. The van der Waals surface area contributed by atoms with Crippen molar-refractivity contribution in [3.05, 3.63) is 30.1 Å². The maximum absolute atomic E-state index is 12.3. The minimum absolute atomic E-state index is 0.110. The van der Waals surface area contributed by atoms with Crippen LogP contribution in [0.4, 0.5) is 0 Å². The van der Waals surface area contributed by atoms with Gasteiger partial charge in [0.2, 0.25) is 15.9 Å². The van der Waals surface area contributed by atoms with Crippen molar-refractivity contribution in [2.24, 2.45) is 0 Å². The molecule has 8 heteroatoms. The molecule has 0 unspecified atom stereocenters. The molecule has 7 nitrogen and oxygen atoms in total. The number of piperazine rings is 1. The van der Waals surface area contributed by atoms with Gasteiger partial charge in [0.1, 0.15) is 0 Å². The van der Waals surface area contributed by atoms with E-state index in [2.05, 4.69) is 9.88 Å². The first kappa shape index (κ1) is 16.9. The molecular weight excluding hydrogens is 304 g/mol. The second kappa shape index (κ2) is 7.17. The van der Waals surface area contributed by atoms with E-state index in [0.29, 0.717) is 18.8 Å². The van der Waals surface area contributed by atoms with Crippen LogP contribution in [0.15, 0.2) is 24.4 Å². The Bertz CT molecular complexity index is 598. The van der Waals surface area contributed by atoms with Gasteiger partial charge in [0.25, 0.3) is 0 Å². The number of carbonyl (C=O) groups is 1. The zero-order valence-electron chi connectivity index (χ0n) is 13.0. The zero-order chi connectivity index (χ0) is 16.2. The number of aromatic nitrogens is 1. The average molecular weight is 326 g/mol. The minimum Gasteiger partial charge on any atom is -0.339 e. The molecule has 0 saturated carbocycles. The van der Waals surface area contributed by atoms with Crippen molar-refractivity contribution in [2.45, 2.75) is 6.54 Å². The highest BCUT2D eigenvalue weighted by Gasteiger charge is 2.25. The molecule has 1 aromatic rings. The molecule has 0 aromatic carbocycles. The van der Waals surface area contributed by atoms with E-state index < -0.39 is 10.0 Å². The van der Waals surface area contributed by atoms with Gasteiger partial charge in [-0.15, -0.1) is 0 Å². The molecule has 1 amide bonds.